The quantitative estimate of drug-likeness (QED) is 0.141. The molecule has 0 bridgehead atoms. The van der Waals surface area contributed by atoms with E-state index in [1.165, 1.54) is 31.8 Å². The van der Waals surface area contributed by atoms with E-state index in [4.69, 9.17) is 18.6 Å². The third-order valence-corrected chi connectivity index (χ3v) is 11.1. The number of hydrogen-bond donors (Lipinski definition) is 0. The van der Waals surface area contributed by atoms with E-state index in [9.17, 15) is 0 Å². The van der Waals surface area contributed by atoms with Crippen LogP contribution in [-0.2, 0) is 19.5 Å². The van der Waals surface area contributed by atoms with Gasteiger partial charge in [-0.15, -0.1) is 10.2 Å². The summed E-state index contributed by atoms with van der Waals surface area (Å²) in [5.41, 5.74) is 0. The second-order valence-corrected chi connectivity index (χ2v) is 14.7. The van der Waals surface area contributed by atoms with E-state index >= 15 is 0 Å². The molecule has 8 heteroatoms. The van der Waals surface area contributed by atoms with Crippen LogP contribution in [0.2, 0.25) is 0 Å². The van der Waals surface area contributed by atoms with Gasteiger partial charge in [-0.1, -0.05) is 207 Å². The van der Waals surface area contributed by atoms with Gasteiger partial charge in [-0.25, -0.2) is 18.6 Å². The van der Waals surface area contributed by atoms with Crippen LogP contribution in [0.5, 0.6) is 0 Å². The summed E-state index contributed by atoms with van der Waals surface area (Å²) in [6, 6.07) is 64.7. The Morgan fingerprint density at radius 1 is 0.333 bits per heavy atom. The van der Waals surface area contributed by atoms with Crippen molar-refractivity contribution in [2.24, 2.45) is 0 Å². The second-order valence-electron chi connectivity index (χ2n) is 9.53. The van der Waals surface area contributed by atoms with Crippen LogP contribution < -0.4 is 50.5 Å². The van der Waals surface area contributed by atoms with Gasteiger partial charge in [0, 0.05) is 19.5 Å². The monoisotopic (exact) mass is 780 g/mol. The van der Waals surface area contributed by atoms with Gasteiger partial charge in [0.1, 0.15) is 0 Å². The Bertz CT molecular complexity index is 1380. The molecule has 6 aromatic carbocycles. The van der Waals surface area contributed by atoms with E-state index in [-0.39, 0.29) is 19.5 Å². The number of benzene rings is 6. The Morgan fingerprint density at radius 3 is 0.562 bits per heavy atom. The molecule has 48 heavy (non-hydrogen) atoms. The van der Waals surface area contributed by atoms with Crippen LogP contribution in [0.1, 0.15) is 0 Å². The van der Waals surface area contributed by atoms with Gasteiger partial charge in [-0.2, -0.15) is 0 Å². The number of rotatable bonds is 7. The smallest absolute Gasteiger partial charge is 0 e. The first-order valence-corrected chi connectivity index (χ1v) is 18.5. The molecule has 0 aliphatic heterocycles. The van der Waals surface area contributed by atoms with E-state index in [2.05, 4.69) is 195 Å². The first-order valence-electron chi connectivity index (χ1n) is 14.6. The topological polar surface area (TPSA) is 92.2 Å². The van der Waals surface area contributed by atoms with Crippen LogP contribution in [-0.4, -0.2) is 0 Å². The van der Waals surface area contributed by atoms with Gasteiger partial charge in [-0.3, -0.25) is 0 Å². The average molecular weight is 781 g/mol. The normalized spacial score (nSPS) is 10.0. The molecule has 0 saturated heterocycles. The number of allylic oxidation sites excluding steroid dienone is 2. The van der Waals surface area contributed by atoms with Gasteiger partial charge in [0.05, 0.1) is 0 Å². The summed E-state index contributed by atoms with van der Waals surface area (Å²) in [5.74, 6) is 0. The maximum atomic E-state index is 8.49. The molecule has 0 fully saturated rings. The van der Waals surface area contributed by atoms with Crippen molar-refractivity contribution >= 4 is 47.7 Å². The van der Waals surface area contributed by atoms with Crippen molar-refractivity contribution in [1.29, 1.82) is 0 Å². The minimum atomic E-state index is -4.94. The van der Waals surface area contributed by atoms with Gasteiger partial charge < -0.3 is 0 Å². The van der Waals surface area contributed by atoms with Crippen molar-refractivity contribution in [2.75, 3.05) is 0 Å². The van der Waals surface area contributed by atoms with E-state index in [1.807, 2.05) is 0 Å². The molecule has 6 aromatic rings. The molecular formula is C40H36ClO4P2Rh-. The molecular weight excluding hydrogens is 745 g/mol. The summed E-state index contributed by atoms with van der Waals surface area (Å²) >= 11 is 0. The summed E-state index contributed by atoms with van der Waals surface area (Å²) in [4.78, 5) is 0. The molecule has 0 N–H and O–H groups in total. The summed E-state index contributed by atoms with van der Waals surface area (Å²) in [7, 11) is -5.84. The van der Waals surface area contributed by atoms with Crippen LogP contribution in [0.3, 0.4) is 0 Å². The molecule has 0 atom stereocenters. The van der Waals surface area contributed by atoms with Crippen molar-refractivity contribution in [3.8, 4) is 0 Å². The average Bonchev–Trinajstić information content (AvgIpc) is 3.11. The van der Waals surface area contributed by atoms with E-state index in [1.54, 1.807) is 12.2 Å². The van der Waals surface area contributed by atoms with Crippen molar-refractivity contribution in [3.63, 3.8) is 0 Å². The van der Waals surface area contributed by atoms with Crippen molar-refractivity contribution < 1.29 is 48.4 Å². The predicted octanol–water partition coefficient (Wildman–Crippen LogP) is 3.49. The molecule has 0 saturated carbocycles. The molecule has 0 unspecified atom stereocenters. The molecule has 0 aromatic heterocycles. The molecule has 1 radical (unpaired) electrons. The maximum Gasteiger partial charge on any atom is 0 e. The van der Waals surface area contributed by atoms with E-state index in [0.29, 0.717) is 0 Å². The fraction of sp³-hybridized carbons (Fsp3) is 0. The molecule has 0 heterocycles. The van der Waals surface area contributed by atoms with Gasteiger partial charge in [0.15, 0.2) is 0 Å². The molecule has 247 valence electrons. The Hall–Kier alpha value is -3.59. The first kappa shape index (κ1) is 40.6. The van der Waals surface area contributed by atoms with Gasteiger partial charge in [0.25, 0.3) is 0 Å². The third-order valence-electron chi connectivity index (χ3n) is 6.25. The van der Waals surface area contributed by atoms with Crippen LogP contribution in [0.25, 0.3) is 0 Å². The Balaban J connectivity index is 0.000000263. The second kappa shape index (κ2) is 22.9. The Morgan fingerprint density at radius 2 is 0.458 bits per heavy atom. The zero-order valence-corrected chi connectivity index (χ0v) is 30.3. The van der Waals surface area contributed by atoms with Gasteiger partial charge >= 0.3 is 0 Å². The summed E-state index contributed by atoms with van der Waals surface area (Å²) in [6.07, 6.45) is 3.28. The summed E-state index contributed by atoms with van der Waals surface area (Å²) in [6.45, 7) is 6.72. The largest absolute Gasteiger partial charge is 0.222 e. The molecule has 0 spiro atoms. The number of hydrogen-bond acceptors (Lipinski definition) is 4. The number of halogens is 1. The molecule has 6 rings (SSSR count). The van der Waals surface area contributed by atoms with Crippen LogP contribution in [0.15, 0.2) is 207 Å². The molecule has 4 nitrogen and oxygen atoms in total. The van der Waals surface area contributed by atoms with Gasteiger partial charge in [-0.05, 0) is 47.7 Å². The summed E-state index contributed by atoms with van der Waals surface area (Å²) in [5, 5.41) is 8.39. The van der Waals surface area contributed by atoms with Crippen molar-refractivity contribution in [2.45, 2.75) is 0 Å². The first-order chi connectivity index (χ1) is 22.8. The zero-order valence-electron chi connectivity index (χ0n) is 26.1. The Labute approximate surface area is 301 Å². The fourth-order valence-corrected chi connectivity index (χ4v) is 8.97. The minimum Gasteiger partial charge on any atom is -0.222 e. The van der Waals surface area contributed by atoms with Crippen LogP contribution in [0.4, 0.5) is 0 Å². The van der Waals surface area contributed by atoms with Crippen LogP contribution in [0, 0.1) is 10.2 Å². The van der Waals surface area contributed by atoms with Crippen molar-refractivity contribution in [3.05, 3.63) is 207 Å². The maximum absolute atomic E-state index is 8.49. The standard InChI is InChI=1S/2C18H15P.C4H6.ClHO4.Rh/c2*1-4-10-16(11-5-1)19(17-12-6-2-7-13-17)18-14-8-3-9-15-18;1-3-4-2;2-1(3,4)5;/h2*1-15H;3-4H,1-2H2;(H,2,3,4,5);/p-1. The van der Waals surface area contributed by atoms with E-state index < -0.39 is 26.1 Å². The van der Waals surface area contributed by atoms with Crippen LogP contribution >= 0.6 is 15.8 Å². The summed E-state index contributed by atoms with van der Waals surface area (Å²) < 4.78 is 34.0. The molecule has 0 aliphatic carbocycles. The third kappa shape index (κ3) is 15.1. The van der Waals surface area contributed by atoms with Gasteiger partial charge in [0.2, 0.25) is 0 Å². The SMILES string of the molecule is C=CC=C.[O-][Cl+3]([O-])([O-])[O-].[Rh].c1ccc(P(c2ccccc2)c2ccccc2)cc1.c1ccc(P(c2ccccc2)c2ccccc2)cc1. The van der Waals surface area contributed by atoms with E-state index in [0.717, 1.165) is 0 Å². The zero-order chi connectivity index (χ0) is 33.7. The van der Waals surface area contributed by atoms with Crippen molar-refractivity contribution in [1.82, 2.24) is 0 Å². The minimum absolute atomic E-state index is 0. The fourth-order valence-electron chi connectivity index (χ4n) is 4.36. The predicted molar refractivity (Wildman–Crippen MR) is 191 cm³/mol. The molecule has 0 aliphatic rings. The molecule has 0 amide bonds. The Kier molecular flexibility index (Phi) is 19.4.